The molecule has 2 rings (SSSR count). The maximum absolute atomic E-state index is 11.4. The van der Waals surface area contributed by atoms with Crippen molar-refractivity contribution in [2.45, 2.75) is 26.3 Å². The van der Waals surface area contributed by atoms with Crippen LogP contribution in [0.3, 0.4) is 0 Å². The zero-order valence-corrected chi connectivity index (χ0v) is 11.1. The van der Waals surface area contributed by atoms with Gasteiger partial charge in [-0.3, -0.25) is 4.79 Å². The van der Waals surface area contributed by atoms with Gasteiger partial charge in [0.2, 0.25) is 0 Å². The molecule has 0 saturated heterocycles. The average molecular weight is 258 g/mol. The predicted octanol–water partition coefficient (Wildman–Crippen LogP) is 2.09. The summed E-state index contributed by atoms with van der Waals surface area (Å²) in [6, 6.07) is 8.37. The van der Waals surface area contributed by atoms with Crippen molar-refractivity contribution >= 4 is 11.5 Å². The summed E-state index contributed by atoms with van der Waals surface area (Å²) >= 11 is 0. The topological polar surface area (TPSA) is 83.8 Å². The number of aromatic amines is 1. The number of anilines is 2. The smallest absolute Gasteiger partial charge is 0.276 e. The summed E-state index contributed by atoms with van der Waals surface area (Å²) < 4.78 is 0. The van der Waals surface area contributed by atoms with Gasteiger partial charge in [0, 0.05) is 0 Å². The highest BCUT2D eigenvalue weighted by Crippen LogP contribution is 2.20. The second-order valence-corrected chi connectivity index (χ2v) is 4.46. The fourth-order valence-electron chi connectivity index (χ4n) is 1.86. The zero-order valence-electron chi connectivity index (χ0n) is 11.1. The summed E-state index contributed by atoms with van der Waals surface area (Å²) in [6.07, 6.45) is 2.36. The molecule has 19 heavy (non-hydrogen) atoms. The minimum Gasteiger partial charge on any atom is -0.391 e. The van der Waals surface area contributed by atoms with E-state index in [9.17, 15) is 4.79 Å². The molecule has 0 fully saturated rings. The van der Waals surface area contributed by atoms with Gasteiger partial charge in [-0.05, 0) is 24.5 Å². The van der Waals surface area contributed by atoms with Crippen molar-refractivity contribution in [2.75, 3.05) is 11.1 Å². The Hall–Kier alpha value is -2.30. The van der Waals surface area contributed by atoms with Crippen LogP contribution in [0.4, 0.5) is 11.5 Å². The highest BCUT2D eigenvalue weighted by Gasteiger charge is 2.09. The maximum atomic E-state index is 11.4. The Bertz CT molecular complexity index is 604. The van der Waals surface area contributed by atoms with Gasteiger partial charge in [0.25, 0.3) is 5.56 Å². The van der Waals surface area contributed by atoms with Gasteiger partial charge in [-0.25, -0.2) is 4.98 Å². The van der Waals surface area contributed by atoms with Gasteiger partial charge in [-0.2, -0.15) is 0 Å². The van der Waals surface area contributed by atoms with Crippen LogP contribution in [0.25, 0.3) is 0 Å². The van der Waals surface area contributed by atoms with E-state index in [0.29, 0.717) is 5.82 Å². The third-order valence-corrected chi connectivity index (χ3v) is 3.13. The summed E-state index contributed by atoms with van der Waals surface area (Å²) in [4.78, 5) is 17.9. The van der Waals surface area contributed by atoms with Crippen LogP contribution in [0.15, 0.2) is 35.4 Å². The lowest BCUT2D eigenvalue weighted by atomic mass is 10.1. The first-order chi connectivity index (χ1) is 9.11. The predicted molar refractivity (Wildman–Crippen MR) is 77.1 cm³/mol. The van der Waals surface area contributed by atoms with Gasteiger partial charge in [-0.15, -0.1) is 0 Å². The van der Waals surface area contributed by atoms with Gasteiger partial charge in [-0.1, -0.05) is 31.2 Å². The van der Waals surface area contributed by atoms with E-state index in [2.05, 4.69) is 46.5 Å². The van der Waals surface area contributed by atoms with Crippen LogP contribution in [-0.4, -0.2) is 9.97 Å². The average Bonchev–Trinajstić information content (AvgIpc) is 2.44. The third-order valence-electron chi connectivity index (χ3n) is 3.13. The van der Waals surface area contributed by atoms with Crippen LogP contribution < -0.4 is 16.6 Å². The van der Waals surface area contributed by atoms with Crippen LogP contribution in [0, 0.1) is 0 Å². The molecule has 0 saturated carbocycles. The van der Waals surface area contributed by atoms with Gasteiger partial charge in [0.05, 0.1) is 12.4 Å². The molecule has 2 aromatic rings. The number of hydrogen-bond donors (Lipinski definition) is 3. The summed E-state index contributed by atoms with van der Waals surface area (Å²) in [5, 5.41) is 3.15. The van der Waals surface area contributed by atoms with Gasteiger partial charge in [0.15, 0.2) is 5.82 Å². The number of nitrogens with zero attached hydrogens (tertiary/aromatic N) is 1. The van der Waals surface area contributed by atoms with Crippen molar-refractivity contribution in [1.29, 1.82) is 0 Å². The molecule has 0 spiro atoms. The first-order valence-electron chi connectivity index (χ1n) is 6.30. The van der Waals surface area contributed by atoms with E-state index in [0.717, 1.165) is 12.0 Å². The zero-order chi connectivity index (χ0) is 13.8. The number of nitrogen functional groups attached to an aromatic ring is 1. The summed E-state index contributed by atoms with van der Waals surface area (Å²) in [5.74, 6) is 0.413. The van der Waals surface area contributed by atoms with E-state index in [1.807, 2.05) is 6.92 Å². The Morgan fingerprint density at radius 3 is 2.68 bits per heavy atom. The van der Waals surface area contributed by atoms with E-state index < -0.39 is 0 Å². The number of H-pyrrole nitrogens is 1. The molecular formula is C14H18N4O. The van der Waals surface area contributed by atoms with E-state index in [1.54, 1.807) is 0 Å². The van der Waals surface area contributed by atoms with Crippen LogP contribution in [0.2, 0.25) is 0 Å². The molecule has 1 aromatic carbocycles. The molecule has 0 aliphatic rings. The molecule has 4 N–H and O–H groups in total. The standard InChI is InChI=1S/C14H18N4O/c1-3-10-4-6-11(7-5-10)9(2)18-13-12(15)14(19)17-8-16-13/h4-9H,3,15H2,1-2H3,(H2,16,17,18,19). The van der Waals surface area contributed by atoms with Crippen molar-refractivity contribution in [1.82, 2.24) is 9.97 Å². The Morgan fingerprint density at radius 2 is 2.05 bits per heavy atom. The molecule has 0 aliphatic heterocycles. The molecule has 1 unspecified atom stereocenters. The van der Waals surface area contributed by atoms with Crippen molar-refractivity contribution in [3.8, 4) is 0 Å². The highest BCUT2D eigenvalue weighted by atomic mass is 16.1. The molecule has 5 nitrogen and oxygen atoms in total. The van der Waals surface area contributed by atoms with E-state index in [1.165, 1.54) is 11.9 Å². The van der Waals surface area contributed by atoms with Crippen LogP contribution in [-0.2, 0) is 6.42 Å². The largest absolute Gasteiger partial charge is 0.391 e. The number of benzene rings is 1. The Balaban J connectivity index is 2.18. The monoisotopic (exact) mass is 258 g/mol. The second kappa shape index (κ2) is 5.56. The lowest BCUT2D eigenvalue weighted by molar-refractivity contribution is 0.870. The molecule has 0 radical (unpaired) electrons. The molecule has 5 heteroatoms. The number of aromatic nitrogens is 2. The second-order valence-electron chi connectivity index (χ2n) is 4.46. The molecule has 1 atom stereocenters. The van der Waals surface area contributed by atoms with Gasteiger partial charge >= 0.3 is 0 Å². The van der Waals surface area contributed by atoms with Crippen LogP contribution in [0.1, 0.15) is 31.0 Å². The normalized spacial score (nSPS) is 12.1. The Morgan fingerprint density at radius 1 is 1.37 bits per heavy atom. The molecule has 1 aromatic heterocycles. The van der Waals surface area contributed by atoms with E-state index >= 15 is 0 Å². The summed E-state index contributed by atoms with van der Waals surface area (Å²) in [5.41, 5.74) is 7.89. The van der Waals surface area contributed by atoms with Crippen molar-refractivity contribution in [3.63, 3.8) is 0 Å². The van der Waals surface area contributed by atoms with Crippen LogP contribution in [0.5, 0.6) is 0 Å². The van der Waals surface area contributed by atoms with Gasteiger partial charge in [0.1, 0.15) is 5.69 Å². The molecule has 1 heterocycles. The minimum atomic E-state index is -0.328. The third kappa shape index (κ3) is 2.93. The summed E-state index contributed by atoms with van der Waals surface area (Å²) in [7, 11) is 0. The SMILES string of the molecule is CCc1ccc(C(C)Nc2nc[nH]c(=O)c2N)cc1. The molecule has 100 valence electrons. The number of hydrogen-bond acceptors (Lipinski definition) is 4. The van der Waals surface area contributed by atoms with Gasteiger partial charge < -0.3 is 16.0 Å². The van der Waals surface area contributed by atoms with E-state index in [4.69, 9.17) is 5.73 Å². The fourth-order valence-corrected chi connectivity index (χ4v) is 1.86. The number of aryl methyl sites for hydroxylation is 1. The van der Waals surface area contributed by atoms with Crippen molar-refractivity contribution in [3.05, 3.63) is 52.1 Å². The first-order valence-corrected chi connectivity index (χ1v) is 6.30. The molecular weight excluding hydrogens is 240 g/mol. The first kappa shape index (κ1) is 13.1. The van der Waals surface area contributed by atoms with Crippen LogP contribution >= 0.6 is 0 Å². The highest BCUT2D eigenvalue weighted by molar-refractivity contribution is 5.59. The number of nitrogens with two attached hydrogens (primary N) is 1. The Kier molecular flexibility index (Phi) is 3.85. The molecule has 0 bridgehead atoms. The van der Waals surface area contributed by atoms with E-state index in [-0.39, 0.29) is 17.3 Å². The summed E-state index contributed by atoms with van der Waals surface area (Å²) in [6.45, 7) is 4.13. The fraction of sp³-hybridized carbons (Fsp3) is 0.286. The molecule has 0 aliphatic carbocycles. The van der Waals surface area contributed by atoms with Crippen molar-refractivity contribution in [2.24, 2.45) is 0 Å². The molecule has 0 amide bonds. The quantitative estimate of drug-likeness (QED) is 0.784. The number of rotatable bonds is 4. The van der Waals surface area contributed by atoms with Crippen molar-refractivity contribution < 1.29 is 0 Å². The lowest BCUT2D eigenvalue weighted by Crippen LogP contribution is -2.17. The lowest BCUT2D eigenvalue weighted by Gasteiger charge is -2.16. The minimum absolute atomic E-state index is 0.0301. The maximum Gasteiger partial charge on any atom is 0.276 e. The number of nitrogens with one attached hydrogen (secondary N) is 2. The Labute approximate surface area is 111 Å².